The number of esters is 1. The van der Waals surface area contributed by atoms with Crippen LogP contribution < -0.4 is 0 Å². The summed E-state index contributed by atoms with van der Waals surface area (Å²) in [6.07, 6.45) is -0.859. The fraction of sp³-hybridized carbons (Fsp3) is 0.125. The molecule has 0 radical (unpaired) electrons. The van der Waals surface area contributed by atoms with Crippen molar-refractivity contribution in [1.29, 1.82) is 0 Å². The predicted molar refractivity (Wildman–Crippen MR) is 84.8 cm³/mol. The van der Waals surface area contributed by atoms with Crippen LogP contribution in [0.25, 0.3) is 0 Å². The number of ether oxygens (including phenoxy) is 1. The highest BCUT2D eigenvalue weighted by Crippen LogP contribution is 2.15. The molecule has 0 aromatic heterocycles. The van der Waals surface area contributed by atoms with Gasteiger partial charge in [0.25, 0.3) is 0 Å². The van der Waals surface area contributed by atoms with Gasteiger partial charge in [0.2, 0.25) is 5.78 Å². The molecule has 5 heteroatoms. The number of rotatable bonds is 4. The van der Waals surface area contributed by atoms with Crippen LogP contribution in [0.2, 0.25) is 5.02 Å². The Kier molecular flexibility index (Phi) is 5.15. The molecule has 0 saturated heterocycles. The minimum Gasteiger partial charge on any atom is -0.451 e. The van der Waals surface area contributed by atoms with E-state index in [0.29, 0.717) is 16.1 Å². The van der Waals surface area contributed by atoms with Gasteiger partial charge in [-0.1, -0.05) is 27.5 Å². The molecule has 2 aromatic rings. The fourth-order valence-corrected chi connectivity index (χ4v) is 2.11. The summed E-state index contributed by atoms with van der Waals surface area (Å²) >= 11 is 9.06. The van der Waals surface area contributed by atoms with Crippen LogP contribution in [-0.4, -0.2) is 17.9 Å². The van der Waals surface area contributed by atoms with E-state index in [1.807, 2.05) is 0 Å². The maximum absolute atomic E-state index is 12.1. The Morgan fingerprint density at radius 1 is 1.00 bits per heavy atom. The van der Waals surface area contributed by atoms with Crippen LogP contribution in [0.1, 0.15) is 27.6 Å². The van der Waals surface area contributed by atoms with Crippen LogP contribution >= 0.6 is 27.5 Å². The second-order valence-corrected chi connectivity index (χ2v) is 5.78. The van der Waals surface area contributed by atoms with Crippen LogP contribution in [0.4, 0.5) is 0 Å². The van der Waals surface area contributed by atoms with E-state index in [1.54, 1.807) is 55.5 Å². The Morgan fingerprint density at radius 2 is 1.52 bits per heavy atom. The topological polar surface area (TPSA) is 43.4 Å². The van der Waals surface area contributed by atoms with Crippen LogP contribution in [0.3, 0.4) is 0 Å². The molecule has 1 atom stereocenters. The zero-order valence-electron chi connectivity index (χ0n) is 11.2. The third-order valence-corrected chi connectivity index (χ3v) is 3.64. The monoisotopic (exact) mass is 366 g/mol. The molecule has 0 fully saturated rings. The Labute approximate surface area is 136 Å². The number of ketones is 1. The first-order chi connectivity index (χ1) is 9.97. The van der Waals surface area contributed by atoms with Crippen LogP contribution in [0.5, 0.6) is 0 Å². The molecular weight excluding hydrogens is 356 g/mol. The van der Waals surface area contributed by atoms with Crippen molar-refractivity contribution in [3.8, 4) is 0 Å². The van der Waals surface area contributed by atoms with Crippen molar-refractivity contribution in [3.05, 3.63) is 69.2 Å². The van der Waals surface area contributed by atoms with Gasteiger partial charge in [0.05, 0.1) is 5.56 Å². The van der Waals surface area contributed by atoms with Crippen molar-refractivity contribution in [2.45, 2.75) is 13.0 Å². The molecule has 2 rings (SSSR count). The first kappa shape index (κ1) is 15.7. The molecule has 0 saturated carbocycles. The summed E-state index contributed by atoms with van der Waals surface area (Å²) in [6.45, 7) is 1.55. The molecular formula is C16H12BrClO3. The molecule has 21 heavy (non-hydrogen) atoms. The Bertz CT molecular complexity index is 650. The van der Waals surface area contributed by atoms with Crippen LogP contribution in [0.15, 0.2) is 53.0 Å². The van der Waals surface area contributed by atoms with E-state index in [1.165, 1.54) is 0 Å². The fourth-order valence-electron chi connectivity index (χ4n) is 1.72. The van der Waals surface area contributed by atoms with E-state index in [0.717, 1.165) is 4.47 Å². The minimum atomic E-state index is -0.859. The average molecular weight is 368 g/mol. The van der Waals surface area contributed by atoms with Gasteiger partial charge in [0.1, 0.15) is 0 Å². The van der Waals surface area contributed by atoms with Gasteiger partial charge in [-0.25, -0.2) is 4.79 Å². The maximum atomic E-state index is 12.1. The summed E-state index contributed by atoms with van der Waals surface area (Å²) in [5.74, 6) is -0.797. The smallest absolute Gasteiger partial charge is 0.338 e. The minimum absolute atomic E-state index is 0.267. The standard InChI is InChI=1S/C16H12BrClO3/c1-10(15(19)11-4-8-14(18)9-5-11)21-16(20)12-2-6-13(17)7-3-12/h2-10H,1H3/t10-/m0/s1. The lowest BCUT2D eigenvalue weighted by Gasteiger charge is -2.12. The first-order valence-electron chi connectivity index (χ1n) is 6.23. The second kappa shape index (κ2) is 6.87. The molecule has 2 aromatic carbocycles. The van der Waals surface area contributed by atoms with Gasteiger partial charge in [-0.3, -0.25) is 4.79 Å². The molecule has 0 aliphatic heterocycles. The summed E-state index contributed by atoms with van der Waals surface area (Å²) in [6, 6.07) is 13.2. The average Bonchev–Trinajstić information content (AvgIpc) is 2.47. The molecule has 0 unspecified atom stereocenters. The second-order valence-electron chi connectivity index (χ2n) is 4.43. The molecule has 0 N–H and O–H groups in total. The van der Waals surface area contributed by atoms with E-state index < -0.39 is 12.1 Å². The number of Topliss-reactive ketones (excluding diaryl/α,β-unsaturated/α-hetero) is 1. The van der Waals surface area contributed by atoms with Gasteiger partial charge in [0, 0.05) is 15.1 Å². The van der Waals surface area contributed by atoms with E-state index >= 15 is 0 Å². The lowest BCUT2D eigenvalue weighted by atomic mass is 10.1. The van der Waals surface area contributed by atoms with E-state index in [4.69, 9.17) is 16.3 Å². The summed E-state index contributed by atoms with van der Waals surface area (Å²) in [5.41, 5.74) is 0.851. The van der Waals surface area contributed by atoms with Crippen molar-refractivity contribution in [3.63, 3.8) is 0 Å². The maximum Gasteiger partial charge on any atom is 0.338 e. The summed E-state index contributed by atoms with van der Waals surface area (Å²) in [7, 11) is 0. The molecule has 3 nitrogen and oxygen atoms in total. The molecule has 0 bridgehead atoms. The summed E-state index contributed by atoms with van der Waals surface area (Å²) in [5, 5.41) is 0.547. The zero-order valence-corrected chi connectivity index (χ0v) is 13.5. The van der Waals surface area contributed by atoms with Gasteiger partial charge < -0.3 is 4.74 Å². The number of carbonyl (C=O) groups is 2. The van der Waals surface area contributed by atoms with Crippen LogP contribution in [-0.2, 0) is 4.74 Å². The molecule has 108 valence electrons. The van der Waals surface area contributed by atoms with E-state index in [-0.39, 0.29) is 5.78 Å². The van der Waals surface area contributed by atoms with Crippen LogP contribution in [0, 0.1) is 0 Å². The third kappa shape index (κ3) is 4.16. The van der Waals surface area contributed by atoms with E-state index in [9.17, 15) is 9.59 Å². The highest BCUT2D eigenvalue weighted by Gasteiger charge is 2.20. The van der Waals surface area contributed by atoms with Crippen molar-refractivity contribution < 1.29 is 14.3 Å². The number of carbonyl (C=O) groups excluding carboxylic acids is 2. The highest BCUT2D eigenvalue weighted by atomic mass is 79.9. The van der Waals surface area contributed by atoms with Crippen molar-refractivity contribution in [2.24, 2.45) is 0 Å². The Morgan fingerprint density at radius 3 is 2.10 bits per heavy atom. The van der Waals surface area contributed by atoms with Gasteiger partial charge in [0.15, 0.2) is 6.10 Å². The Balaban J connectivity index is 2.05. The van der Waals surface area contributed by atoms with Gasteiger partial charge >= 0.3 is 5.97 Å². The molecule has 0 aliphatic rings. The molecule has 0 amide bonds. The number of halogens is 2. The summed E-state index contributed by atoms with van der Waals surface area (Å²) < 4.78 is 6.05. The van der Waals surface area contributed by atoms with Gasteiger partial charge in [-0.05, 0) is 55.5 Å². The predicted octanol–water partition coefficient (Wildman–Crippen LogP) is 4.53. The first-order valence-corrected chi connectivity index (χ1v) is 7.41. The lowest BCUT2D eigenvalue weighted by molar-refractivity contribution is 0.0319. The van der Waals surface area contributed by atoms with Crippen molar-refractivity contribution in [2.75, 3.05) is 0 Å². The highest BCUT2D eigenvalue weighted by molar-refractivity contribution is 9.10. The number of benzene rings is 2. The lowest BCUT2D eigenvalue weighted by Crippen LogP contribution is -2.24. The largest absolute Gasteiger partial charge is 0.451 e. The van der Waals surface area contributed by atoms with Crippen molar-refractivity contribution in [1.82, 2.24) is 0 Å². The normalized spacial score (nSPS) is 11.8. The quantitative estimate of drug-likeness (QED) is 0.589. The van der Waals surface area contributed by atoms with Gasteiger partial charge in [-0.2, -0.15) is 0 Å². The van der Waals surface area contributed by atoms with Crippen molar-refractivity contribution >= 4 is 39.3 Å². The zero-order chi connectivity index (χ0) is 15.4. The number of hydrogen-bond donors (Lipinski definition) is 0. The summed E-state index contributed by atoms with van der Waals surface area (Å²) in [4.78, 5) is 24.1. The molecule has 0 spiro atoms. The Hall–Kier alpha value is -1.65. The molecule has 0 aliphatic carbocycles. The molecule has 0 heterocycles. The number of hydrogen-bond acceptors (Lipinski definition) is 3. The van der Waals surface area contributed by atoms with E-state index in [2.05, 4.69) is 15.9 Å². The van der Waals surface area contributed by atoms with Gasteiger partial charge in [-0.15, -0.1) is 0 Å². The SMILES string of the molecule is C[C@H](OC(=O)c1ccc(Br)cc1)C(=O)c1ccc(Cl)cc1. The third-order valence-electron chi connectivity index (χ3n) is 2.86.